The number of pyridine rings is 1. The molecule has 1 aromatic carbocycles. The van der Waals surface area contributed by atoms with Gasteiger partial charge in [0.1, 0.15) is 5.82 Å². The van der Waals surface area contributed by atoms with Crippen molar-refractivity contribution in [3.8, 4) is 0 Å². The zero-order valence-corrected chi connectivity index (χ0v) is 12.9. The molecule has 3 aromatic rings. The predicted octanol–water partition coefficient (Wildman–Crippen LogP) is 3.76. The summed E-state index contributed by atoms with van der Waals surface area (Å²) in [6, 6.07) is 12.1. The largest absolute Gasteiger partial charge is 0.356 e. The van der Waals surface area contributed by atoms with E-state index in [4.69, 9.17) is 0 Å². The molecule has 0 unspecified atom stereocenters. The fourth-order valence-corrected chi connectivity index (χ4v) is 3.03. The van der Waals surface area contributed by atoms with Crippen molar-refractivity contribution in [2.75, 3.05) is 23.3 Å². The van der Waals surface area contributed by atoms with Crippen molar-refractivity contribution in [1.82, 2.24) is 15.0 Å². The van der Waals surface area contributed by atoms with E-state index in [0.29, 0.717) is 5.95 Å². The van der Waals surface area contributed by atoms with Crippen molar-refractivity contribution in [3.05, 3.63) is 48.8 Å². The Morgan fingerprint density at radius 2 is 1.74 bits per heavy atom. The Morgan fingerprint density at radius 1 is 0.870 bits per heavy atom. The average molecular weight is 305 g/mol. The van der Waals surface area contributed by atoms with Crippen LogP contribution in [0.3, 0.4) is 0 Å². The second kappa shape index (κ2) is 6.20. The number of hydrogen-bond donors (Lipinski definition) is 1. The molecule has 0 atom stereocenters. The summed E-state index contributed by atoms with van der Waals surface area (Å²) in [5.41, 5.74) is 1.86. The van der Waals surface area contributed by atoms with Crippen LogP contribution >= 0.6 is 0 Å². The number of piperidine rings is 1. The summed E-state index contributed by atoms with van der Waals surface area (Å²) in [4.78, 5) is 15.8. The summed E-state index contributed by atoms with van der Waals surface area (Å²) in [6.07, 6.45) is 7.41. The maximum Gasteiger partial charge on any atom is 0.229 e. The molecule has 0 amide bonds. The summed E-state index contributed by atoms with van der Waals surface area (Å²) in [6.45, 7) is 2.15. The van der Waals surface area contributed by atoms with E-state index in [2.05, 4.69) is 37.3 Å². The van der Waals surface area contributed by atoms with E-state index in [1.54, 1.807) is 6.20 Å². The maximum atomic E-state index is 4.67. The second-order valence-electron chi connectivity index (χ2n) is 5.79. The summed E-state index contributed by atoms with van der Waals surface area (Å²) >= 11 is 0. The molecule has 0 bridgehead atoms. The maximum absolute atomic E-state index is 4.67. The highest BCUT2D eigenvalue weighted by molar-refractivity contribution is 5.91. The van der Waals surface area contributed by atoms with Crippen molar-refractivity contribution in [3.63, 3.8) is 0 Å². The van der Waals surface area contributed by atoms with Crippen molar-refractivity contribution >= 4 is 28.4 Å². The molecule has 1 fully saturated rings. The highest BCUT2D eigenvalue weighted by Gasteiger charge is 2.13. The first-order chi connectivity index (χ1) is 11.4. The number of hydrogen-bond acceptors (Lipinski definition) is 5. The number of aromatic nitrogens is 3. The van der Waals surface area contributed by atoms with Gasteiger partial charge in [0.15, 0.2) is 0 Å². The lowest BCUT2D eigenvalue weighted by atomic mass is 10.1. The van der Waals surface area contributed by atoms with Gasteiger partial charge in [-0.25, -0.2) is 4.98 Å². The second-order valence-corrected chi connectivity index (χ2v) is 5.79. The molecule has 1 aliphatic heterocycles. The third-order valence-corrected chi connectivity index (χ3v) is 4.20. The molecule has 23 heavy (non-hydrogen) atoms. The van der Waals surface area contributed by atoms with Crippen LogP contribution in [0.5, 0.6) is 0 Å². The number of nitrogens with one attached hydrogen (secondary N) is 1. The van der Waals surface area contributed by atoms with Gasteiger partial charge >= 0.3 is 0 Å². The molecular weight excluding hydrogens is 286 g/mol. The smallest absolute Gasteiger partial charge is 0.229 e. The third kappa shape index (κ3) is 2.95. The van der Waals surface area contributed by atoms with E-state index in [0.717, 1.165) is 35.5 Å². The first-order valence-corrected chi connectivity index (χ1v) is 8.09. The van der Waals surface area contributed by atoms with E-state index >= 15 is 0 Å². The fourth-order valence-electron chi connectivity index (χ4n) is 3.03. The average Bonchev–Trinajstić information content (AvgIpc) is 2.63. The lowest BCUT2D eigenvalue weighted by Gasteiger charge is -2.27. The van der Waals surface area contributed by atoms with E-state index in [9.17, 15) is 0 Å². The monoisotopic (exact) mass is 305 g/mol. The molecule has 0 spiro atoms. The molecular formula is C18H19N5. The Bertz CT molecular complexity index is 806. The summed E-state index contributed by atoms with van der Waals surface area (Å²) in [7, 11) is 0. The van der Waals surface area contributed by atoms with Gasteiger partial charge in [0, 0.05) is 30.9 Å². The quantitative estimate of drug-likeness (QED) is 0.798. The third-order valence-electron chi connectivity index (χ3n) is 4.20. The van der Waals surface area contributed by atoms with Crippen LogP contribution in [0.4, 0.5) is 17.5 Å². The van der Waals surface area contributed by atoms with Gasteiger partial charge in [-0.05, 0) is 37.5 Å². The fraction of sp³-hybridized carbons (Fsp3) is 0.278. The van der Waals surface area contributed by atoms with E-state index in [1.807, 2.05) is 30.5 Å². The number of rotatable bonds is 3. The van der Waals surface area contributed by atoms with Crippen LogP contribution in [0.2, 0.25) is 0 Å². The number of para-hydroxylation sites is 1. The highest BCUT2D eigenvalue weighted by Crippen LogP contribution is 2.24. The van der Waals surface area contributed by atoms with Gasteiger partial charge in [-0.15, -0.1) is 0 Å². The minimum atomic E-state index is 0.617. The topological polar surface area (TPSA) is 53.9 Å². The Morgan fingerprint density at radius 3 is 2.65 bits per heavy atom. The first kappa shape index (κ1) is 13.9. The molecule has 116 valence electrons. The van der Waals surface area contributed by atoms with Crippen LogP contribution in [-0.4, -0.2) is 28.0 Å². The van der Waals surface area contributed by atoms with E-state index in [1.165, 1.54) is 19.3 Å². The zero-order chi connectivity index (χ0) is 15.5. The van der Waals surface area contributed by atoms with E-state index < -0.39 is 0 Å². The zero-order valence-electron chi connectivity index (χ0n) is 12.9. The molecule has 3 heterocycles. The van der Waals surface area contributed by atoms with Crippen molar-refractivity contribution in [2.45, 2.75) is 19.3 Å². The Balaban J connectivity index is 1.63. The predicted molar refractivity (Wildman–Crippen MR) is 93.1 cm³/mol. The van der Waals surface area contributed by atoms with Crippen LogP contribution < -0.4 is 10.2 Å². The molecule has 4 rings (SSSR count). The molecule has 5 heteroatoms. The minimum absolute atomic E-state index is 0.617. The van der Waals surface area contributed by atoms with Gasteiger partial charge in [-0.3, -0.25) is 4.98 Å². The molecule has 5 nitrogen and oxygen atoms in total. The molecule has 1 aliphatic rings. The molecule has 2 aromatic heterocycles. The number of nitrogens with zero attached hydrogens (tertiary/aromatic N) is 4. The van der Waals surface area contributed by atoms with Gasteiger partial charge in [0.25, 0.3) is 0 Å². The molecule has 0 saturated carbocycles. The van der Waals surface area contributed by atoms with E-state index in [-0.39, 0.29) is 0 Å². The number of anilines is 3. The first-order valence-electron chi connectivity index (χ1n) is 8.09. The van der Waals surface area contributed by atoms with Gasteiger partial charge in [0.2, 0.25) is 5.95 Å². The van der Waals surface area contributed by atoms with Crippen molar-refractivity contribution in [1.29, 1.82) is 0 Å². The lowest BCUT2D eigenvalue weighted by molar-refractivity contribution is 0.573. The molecule has 1 saturated heterocycles. The number of fused-ring (bicyclic) bond motifs is 1. The molecule has 0 aliphatic carbocycles. The SMILES string of the molecule is c1cnc2c(Nc3nccc(N4CCCCC4)n3)cccc2c1. The summed E-state index contributed by atoms with van der Waals surface area (Å²) in [5.74, 6) is 1.61. The van der Waals surface area contributed by atoms with Gasteiger partial charge in [0.05, 0.1) is 11.2 Å². The van der Waals surface area contributed by atoms with Crippen LogP contribution in [0.15, 0.2) is 48.8 Å². The lowest BCUT2D eigenvalue weighted by Crippen LogP contribution is -2.30. The van der Waals surface area contributed by atoms with Crippen LogP contribution in [0, 0.1) is 0 Å². The normalized spacial score (nSPS) is 14.9. The number of benzene rings is 1. The highest BCUT2D eigenvalue weighted by atomic mass is 15.2. The minimum Gasteiger partial charge on any atom is -0.356 e. The van der Waals surface area contributed by atoms with Gasteiger partial charge < -0.3 is 10.2 Å². The van der Waals surface area contributed by atoms with Crippen LogP contribution in [0.1, 0.15) is 19.3 Å². The Hall–Kier alpha value is -2.69. The molecule has 0 radical (unpaired) electrons. The Labute approximate surface area is 135 Å². The summed E-state index contributed by atoms with van der Waals surface area (Å²) in [5, 5.41) is 4.42. The van der Waals surface area contributed by atoms with Crippen molar-refractivity contribution < 1.29 is 0 Å². The van der Waals surface area contributed by atoms with Gasteiger partial charge in [-0.2, -0.15) is 4.98 Å². The van der Waals surface area contributed by atoms with Crippen molar-refractivity contribution in [2.24, 2.45) is 0 Å². The van der Waals surface area contributed by atoms with Crippen LogP contribution in [-0.2, 0) is 0 Å². The van der Waals surface area contributed by atoms with Crippen LogP contribution in [0.25, 0.3) is 10.9 Å². The standard InChI is InChI=1S/C18H19N5/c1-2-12-23(13-3-1)16-9-11-20-18(22-16)21-15-8-4-6-14-7-5-10-19-17(14)15/h4-11H,1-3,12-13H2,(H,20,21,22). The van der Waals surface area contributed by atoms with Gasteiger partial charge in [-0.1, -0.05) is 18.2 Å². The molecule has 1 N–H and O–H groups in total. The summed E-state index contributed by atoms with van der Waals surface area (Å²) < 4.78 is 0. The Kier molecular flexibility index (Phi) is 3.76.